The zero-order valence-electron chi connectivity index (χ0n) is 13.9. The van der Waals surface area contributed by atoms with Crippen LogP contribution in [0.4, 0.5) is 11.4 Å². The molecule has 1 saturated heterocycles. The first-order valence-corrected chi connectivity index (χ1v) is 7.92. The highest BCUT2D eigenvalue weighted by molar-refractivity contribution is 5.93. The molecule has 24 heavy (non-hydrogen) atoms. The van der Waals surface area contributed by atoms with Gasteiger partial charge in [0.05, 0.1) is 26.0 Å². The van der Waals surface area contributed by atoms with Crippen LogP contribution >= 0.6 is 0 Å². The number of nitrogens with one attached hydrogen (secondary N) is 1. The number of anilines is 2. The summed E-state index contributed by atoms with van der Waals surface area (Å²) in [7, 11) is 1.63. The van der Waals surface area contributed by atoms with Crippen LogP contribution in [0, 0.1) is 6.92 Å². The summed E-state index contributed by atoms with van der Waals surface area (Å²) in [5.41, 5.74) is 3.20. The molecule has 6 nitrogen and oxygen atoms in total. The van der Waals surface area contributed by atoms with E-state index in [-0.39, 0.29) is 5.91 Å². The lowest BCUT2D eigenvalue weighted by molar-refractivity contribution is 0.0299. The minimum atomic E-state index is -0.0712. The van der Waals surface area contributed by atoms with Crippen molar-refractivity contribution in [3.05, 3.63) is 47.8 Å². The number of morpholine rings is 1. The summed E-state index contributed by atoms with van der Waals surface area (Å²) in [6, 6.07) is 9.50. The number of nitrogens with zero attached hydrogens (tertiary/aromatic N) is 2. The molecule has 0 unspecified atom stereocenters. The van der Waals surface area contributed by atoms with Crippen molar-refractivity contribution in [1.29, 1.82) is 0 Å². The van der Waals surface area contributed by atoms with Crippen molar-refractivity contribution in [2.75, 3.05) is 38.7 Å². The Labute approximate surface area is 141 Å². The van der Waals surface area contributed by atoms with Crippen molar-refractivity contribution in [1.82, 2.24) is 9.88 Å². The summed E-state index contributed by atoms with van der Waals surface area (Å²) in [5.74, 6) is 0.677. The van der Waals surface area contributed by atoms with Crippen molar-refractivity contribution >= 4 is 17.3 Å². The fourth-order valence-corrected chi connectivity index (χ4v) is 2.63. The number of aromatic nitrogens is 1. The summed E-state index contributed by atoms with van der Waals surface area (Å²) < 4.78 is 10.7. The van der Waals surface area contributed by atoms with E-state index in [0.29, 0.717) is 32.0 Å². The number of rotatable bonds is 4. The lowest BCUT2D eigenvalue weighted by atomic mass is 10.2. The van der Waals surface area contributed by atoms with Gasteiger partial charge in [-0.05, 0) is 36.8 Å². The van der Waals surface area contributed by atoms with Crippen LogP contribution in [0.15, 0.2) is 36.5 Å². The van der Waals surface area contributed by atoms with E-state index < -0.39 is 0 Å². The standard InChI is InChI=1S/C18H21N3O3/c1-13-3-4-17(23-2)15(11-13)20-14-5-6-19-16(12-14)18(22)21-7-9-24-10-8-21/h3-6,11-12H,7-10H2,1-2H3,(H,19,20). The molecule has 2 heterocycles. The number of hydrogen-bond donors (Lipinski definition) is 1. The number of pyridine rings is 1. The van der Waals surface area contributed by atoms with Crippen molar-refractivity contribution in [3.8, 4) is 5.75 Å². The molecule has 0 saturated carbocycles. The van der Waals surface area contributed by atoms with Gasteiger partial charge < -0.3 is 19.7 Å². The van der Waals surface area contributed by atoms with Gasteiger partial charge in [0, 0.05) is 25.0 Å². The number of aryl methyl sites for hydroxylation is 1. The van der Waals surface area contributed by atoms with E-state index in [0.717, 1.165) is 22.7 Å². The van der Waals surface area contributed by atoms with E-state index in [9.17, 15) is 4.79 Å². The molecule has 6 heteroatoms. The first kappa shape index (κ1) is 16.3. The summed E-state index contributed by atoms with van der Waals surface area (Å²) in [6.45, 7) is 4.37. The predicted octanol–water partition coefficient (Wildman–Crippen LogP) is 2.61. The Morgan fingerprint density at radius 1 is 1.25 bits per heavy atom. The van der Waals surface area contributed by atoms with E-state index in [2.05, 4.69) is 10.3 Å². The summed E-state index contributed by atoms with van der Waals surface area (Å²) in [6.07, 6.45) is 1.64. The number of ether oxygens (including phenoxy) is 2. The predicted molar refractivity (Wildman–Crippen MR) is 92.0 cm³/mol. The van der Waals surface area contributed by atoms with Gasteiger partial charge in [0.25, 0.3) is 5.91 Å². The molecule has 2 aromatic rings. The van der Waals surface area contributed by atoms with Crippen molar-refractivity contribution in [2.24, 2.45) is 0 Å². The van der Waals surface area contributed by atoms with E-state index in [4.69, 9.17) is 9.47 Å². The van der Waals surface area contributed by atoms with E-state index >= 15 is 0 Å². The Balaban J connectivity index is 1.80. The quantitative estimate of drug-likeness (QED) is 0.935. The van der Waals surface area contributed by atoms with Crippen LogP contribution in [0.5, 0.6) is 5.75 Å². The summed E-state index contributed by atoms with van der Waals surface area (Å²) in [5, 5.41) is 3.30. The Kier molecular flexibility index (Phi) is 4.96. The van der Waals surface area contributed by atoms with Gasteiger partial charge in [-0.25, -0.2) is 0 Å². The van der Waals surface area contributed by atoms with E-state index in [1.807, 2.05) is 31.2 Å². The Hall–Kier alpha value is -2.60. The maximum absolute atomic E-state index is 12.5. The molecule has 0 atom stereocenters. The highest BCUT2D eigenvalue weighted by Crippen LogP contribution is 2.28. The second kappa shape index (κ2) is 7.31. The van der Waals surface area contributed by atoms with Crippen LogP contribution in [0.2, 0.25) is 0 Å². The largest absolute Gasteiger partial charge is 0.495 e. The minimum absolute atomic E-state index is 0.0712. The van der Waals surface area contributed by atoms with Gasteiger partial charge in [0.2, 0.25) is 0 Å². The van der Waals surface area contributed by atoms with Gasteiger partial charge in [-0.1, -0.05) is 6.07 Å². The van der Waals surface area contributed by atoms with Crippen LogP contribution in [0.3, 0.4) is 0 Å². The van der Waals surface area contributed by atoms with E-state index in [1.165, 1.54) is 0 Å². The molecule has 3 rings (SSSR count). The van der Waals surface area contributed by atoms with Crippen LogP contribution in [-0.2, 0) is 4.74 Å². The first-order valence-electron chi connectivity index (χ1n) is 7.92. The maximum Gasteiger partial charge on any atom is 0.272 e. The Morgan fingerprint density at radius 2 is 2.04 bits per heavy atom. The second-order valence-electron chi connectivity index (χ2n) is 5.66. The fourth-order valence-electron chi connectivity index (χ4n) is 2.63. The molecule has 1 aliphatic rings. The molecule has 1 N–H and O–H groups in total. The molecule has 0 radical (unpaired) electrons. The first-order chi connectivity index (χ1) is 11.7. The zero-order chi connectivity index (χ0) is 16.9. The summed E-state index contributed by atoms with van der Waals surface area (Å²) >= 11 is 0. The second-order valence-corrected chi connectivity index (χ2v) is 5.66. The maximum atomic E-state index is 12.5. The van der Waals surface area contributed by atoms with Crippen LogP contribution in [-0.4, -0.2) is 49.2 Å². The average Bonchev–Trinajstić information content (AvgIpc) is 2.62. The van der Waals surface area contributed by atoms with Crippen molar-refractivity contribution in [2.45, 2.75) is 6.92 Å². The van der Waals surface area contributed by atoms with Gasteiger partial charge >= 0.3 is 0 Å². The van der Waals surface area contributed by atoms with Crippen LogP contribution in [0.1, 0.15) is 16.1 Å². The van der Waals surface area contributed by atoms with Gasteiger partial charge in [-0.2, -0.15) is 0 Å². The lowest BCUT2D eigenvalue weighted by Crippen LogP contribution is -2.41. The monoisotopic (exact) mass is 327 g/mol. The third-order valence-electron chi connectivity index (χ3n) is 3.91. The molecule has 1 aromatic heterocycles. The number of carbonyl (C=O) groups excluding carboxylic acids is 1. The highest BCUT2D eigenvalue weighted by Gasteiger charge is 2.19. The topological polar surface area (TPSA) is 63.7 Å². The lowest BCUT2D eigenvalue weighted by Gasteiger charge is -2.26. The van der Waals surface area contributed by atoms with Crippen LogP contribution < -0.4 is 10.1 Å². The molecular formula is C18H21N3O3. The van der Waals surface area contributed by atoms with Crippen LogP contribution in [0.25, 0.3) is 0 Å². The van der Waals surface area contributed by atoms with Gasteiger partial charge in [-0.3, -0.25) is 9.78 Å². The molecule has 1 aromatic carbocycles. The summed E-state index contributed by atoms with van der Waals surface area (Å²) in [4.78, 5) is 18.5. The van der Waals surface area contributed by atoms with E-state index in [1.54, 1.807) is 24.3 Å². The van der Waals surface area contributed by atoms with Crippen molar-refractivity contribution in [3.63, 3.8) is 0 Å². The number of amides is 1. The smallest absolute Gasteiger partial charge is 0.272 e. The Bertz CT molecular complexity index is 727. The number of carbonyl (C=O) groups is 1. The highest BCUT2D eigenvalue weighted by atomic mass is 16.5. The molecule has 126 valence electrons. The molecular weight excluding hydrogens is 306 g/mol. The zero-order valence-corrected chi connectivity index (χ0v) is 13.9. The fraction of sp³-hybridized carbons (Fsp3) is 0.333. The molecule has 1 amide bonds. The average molecular weight is 327 g/mol. The molecule has 0 spiro atoms. The Morgan fingerprint density at radius 3 is 2.79 bits per heavy atom. The normalized spacial score (nSPS) is 14.3. The molecule has 1 fully saturated rings. The van der Waals surface area contributed by atoms with Gasteiger partial charge in [-0.15, -0.1) is 0 Å². The third kappa shape index (κ3) is 3.65. The molecule has 0 bridgehead atoms. The van der Waals surface area contributed by atoms with Gasteiger partial charge in [0.1, 0.15) is 11.4 Å². The third-order valence-corrected chi connectivity index (χ3v) is 3.91. The molecule has 0 aliphatic carbocycles. The van der Waals surface area contributed by atoms with Gasteiger partial charge in [0.15, 0.2) is 0 Å². The SMILES string of the molecule is COc1ccc(C)cc1Nc1ccnc(C(=O)N2CCOCC2)c1. The number of hydrogen-bond acceptors (Lipinski definition) is 5. The van der Waals surface area contributed by atoms with Crippen molar-refractivity contribution < 1.29 is 14.3 Å². The minimum Gasteiger partial charge on any atom is -0.495 e. The number of benzene rings is 1. The number of methoxy groups -OCH3 is 1. The molecule has 1 aliphatic heterocycles.